The first-order valence-electron chi connectivity index (χ1n) is 6.48. The number of carbonyl (C=O) groups excluding carboxylic acids is 1. The highest BCUT2D eigenvalue weighted by molar-refractivity contribution is 5.94. The Hall–Kier alpha value is -1.92. The van der Waals surface area contributed by atoms with E-state index in [0.717, 1.165) is 25.1 Å². The van der Waals surface area contributed by atoms with E-state index in [1.807, 2.05) is 12.1 Å². The number of methoxy groups -OCH3 is 1. The number of fused-ring (bicyclic) bond motifs is 1. The molecule has 20 heavy (non-hydrogen) atoms. The van der Waals surface area contributed by atoms with Crippen molar-refractivity contribution in [2.45, 2.75) is 19.1 Å². The monoisotopic (exact) mass is 278 g/mol. The molecule has 1 atom stereocenters. The molecule has 1 amide bonds. The summed E-state index contributed by atoms with van der Waals surface area (Å²) >= 11 is 0. The van der Waals surface area contributed by atoms with Crippen LogP contribution in [0.2, 0.25) is 0 Å². The highest BCUT2D eigenvalue weighted by Crippen LogP contribution is 2.15. The number of hydrogen-bond donors (Lipinski definition) is 3. The number of amides is 1. The number of carboxylic acids is 1. The predicted octanol–water partition coefficient (Wildman–Crippen LogP) is 0.162. The molecule has 1 aromatic rings. The summed E-state index contributed by atoms with van der Waals surface area (Å²) in [4.78, 5) is 22.8. The number of hydrogen-bond acceptors (Lipinski definition) is 4. The lowest BCUT2D eigenvalue weighted by molar-refractivity contribution is -0.148. The van der Waals surface area contributed by atoms with E-state index in [1.54, 1.807) is 6.07 Å². The molecule has 0 aliphatic carbocycles. The van der Waals surface area contributed by atoms with Gasteiger partial charge in [0, 0.05) is 19.2 Å². The molecule has 6 heteroatoms. The largest absolute Gasteiger partial charge is 0.479 e. The van der Waals surface area contributed by atoms with Crippen molar-refractivity contribution in [3.8, 4) is 0 Å². The Labute approximate surface area is 117 Å². The number of nitrogens with one attached hydrogen (secondary N) is 2. The van der Waals surface area contributed by atoms with Gasteiger partial charge in [-0.05, 0) is 36.2 Å². The van der Waals surface area contributed by atoms with Crippen LogP contribution in [0.4, 0.5) is 0 Å². The lowest BCUT2D eigenvalue weighted by Crippen LogP contribution is -2.38. The minimum Gasteiger partial charge on any atom is -0.479 e. The van der Waals surface area contributed by atoms with E-state index in [0.29, 0.717) is 5.56 Å². The summed E-state index contributed by atoms with van der Waals surface area (Å²) in [5.74, 6) is -1.39. The van der Waals surface area contributed by atoms with Gasteiger partial charge in [0.25, 0.3) is 5.91 Å². The highest BCUT2D eigenvalue weighted by atomic mass is 16.5. The molecule has 0 fully saturated rings. The average molecular weight is 278 g/mol. The Balaban J connectivity index is 2.00. The van der Waals surface area contributed by atoms with Gasteiger partial charge in [-0.25, -0.2) is 4.79 Å². The molecule has 2 rings (SSSR count). The van der Waals surface area contributed by atoms with Gasteiger partial charge in [-0.1, -0.05) is 6.07 Å². The first kappa shape index (κ1) is 14.5. The van der Waals surface area contributed by atoms with Crippen molar-refractivity contribution in [2.75, 3.05) is 20.2 Å². The first-order valence-corrected chi connectivity index (χ1v) is 6.48. The summed E-state index contributed by atoms with van der Waals surface area (Å²) in [6.07, 6.45) is -0.0691. The number of aliphatic carboxylic acids is 1. The zero-order chi connectivity index (χ0) is 14.5. The molecule has 1 unspecified atom stereocenters. The molecular formula is C14H18N2O4. The standard InChI is InChI=1S/C14H18N2O4/c1-20-12(14(18)19)8-16-13(17)10-3-2-9-4-5-15-7-11(9)6-10/h2-3,6,12,15H,4-5,7-8H2,1H3,(H,16,17)(H,18,19). The molecule has 6 nitrogen and oxygen atoms in total. The quantitative estimate of drug-likeness (QED) is 0.714. The molecule has 0 bridgehead atoms. The molecule has 0 aromatic heterocycles. The molecular weight excluding hydrogens is 260 g/mol. The van der Waals surface area contributed by atoms with Crippen molar-refractivity contribution in [3.63, 3.8) is 0 Å². The van der Waals surface area contributed by atoms with Gasteiger partial charge in [-0.15, -0.1) is 0 Å². The van der Waals surface area contributed by atoms with E-state index in [2.05, 4.69) is 10.6 Å². The topological polar surface area (TPSA) is 87.7 Å². The van der Waals surface area contributed by atoms with Gasteiger partial charge in [-0.2, -0.15) is 0 Å². The van der Waals surface area contributed by atoms with Crippen molar-refractivity contribution in [1.29, 1.82) is 0 Å². The first-order chi connectivity index (χ1) is 9.61. The maximum atomic E-state index is 12.0. The third kappa shape index (κ3) is 3.34. The average Bonchev–Trinajstić information content (AvgIpc) is 2.46. The summed E-state index contributed by atoms with van der Waals surface area (Å²) in [5, 5.41) is 14.7. The fourth-order valence-electron chi connectivity index (χ4n) is 2.18. The van der Waals surface area contributed by atoms with E-state index in [1.165, 1.54) is 12.7 Å². The Morgan fingerprint density at radius 3 is 2.95 bits per heavy atom. The molecule has 0 saturated carbocycles. The van der Waals surface area contributed by atoms with E-state index in [-0.39, 0.29) is 12.5 Å². The Morgan fingerprint density at radius 2 is 2.25 bits per heavy atom. The second kappa shape index (κ2) is 6.49. The van der Waals surface area contributed by atoms with Gasteiger partial charge in [0.05, 0.1) is 6.54 Å². The van der Waals surface area contributed by atoms with Crippen LogP contribution in [-0.4, -0.2) is 43.3 Å². The minimum absolute atomic E-state index is 0.0556. The fourth-order valence-corrected chi connectivity index (χ4v) is 2.18. The fraction of sp³-hybridized carbons (Fsp3) is 0.429. The van der Waals surface area contributed by atoms with Crippen molar-refractivity contribution in [3.05, 3.63) is 34.9 Å². The second-order valence-electron chi connectivity index (χ2n) is 4.68. The van der Waals surface area contributed by atoms with Gasteiger partial charge in [0.15, 0.2) is 6.10 Å². The summed E-state index contributed by atoms with van der Waals surface area (Å²) in [6.45, 7) is 1.65. The zero-order valence-electron chi connectivity index (χ0n) is 11.3. The van der Waals surface area contributed by atoms with Gasteiger partial charge in [0.2, 0.25) is 0 Å². The van der Waals surface area contributed by atoms with Crippen LogP contribution in [0.15, 0.2) is 18.2 Å². The maximum Gasteiger partial charge on any atom is 0.334 e. The van der Waals surface area contributed by atoms with Crippen molar-refractivity contribution < 1.29 is 19.4 Å². The van der Waals surface area contributed by atoms with E-state index in [9.17, 15) is 9.59 Å². The van der Waals surface area contributed by atoms with E-state index >= 15 is 0 Å². The molecule has 1 aliphatic heterocycles. The van der Waals surface area contributed by atoms with Crippen LogP contribution in [0.5, 0.6) is 0 Å². The van der Waals surface area contributed by atoms with Crippen LogP contribution < -0.4 is 10.6 Å². The van der Waals surface area contributed by atoms with Gasteiger partial charge in [0.1, 0.15) is 0 Å². The smallest absolute Gasteiger partial charge is 0.334 e. The molecule has 0 saturated heterocycles. The third-order valence-electron chi connectivity index (χ3n) is 3.36. The summed E-state index contributed by atoms with van der Waals surface area (Å²) in [7, 11) is 1.30. The van der Waals surface area contributed by atoms with E-state index in [4.69, 9.17) is 9.84 Å². The van der Waals surface area contributed by atoms with Crippen molar-refractivity contribution in [2.24, 2.45) is 0 Å². The van der Waals surface area contributed by atoms with Gasteiger partial charge >= 0.3 is 5.97 Å². The van der Waals surface area contributed by atoms with Crippen LogP contribution in [-0.2, 0) is 22.5 Å². The maximum absolute atomic E-state index is 12.0. The molecule has 1 heterocycles. The molecule has 0 radical (unpaired) electrons. The predicted molar refractivity (Wildman–Crippen MR) is 72.6 cm³/mol. The number of carboxylic acid groups (broad SMARTS) is 1. The molecule has 1 aromatic carbocycles. The molecule has 3 N–H and O–H groups in total. The Morgan fingerprint density at radius 1 is 1.45 bits per heavy atom. The normalized spacial score (nSPS) is 15.2. The van der Waals surface area contributed by atoms with Crippen molar-refractivity contribution >= 4 is 11.9 Å². The molecule has 108 valence electrons. The Bertz CT molecular complexity index is 516. The van der Waals surface area contributed by atoms with Gasteiger partial charge in [-0.3, -0.25) is 4.79 Å². The van der Waals surface area contributed by atoms with Crippen LogP contribution in [0.25, 0.3) is 0 Å². The zero-order valence-corrected chi connectivity index (χ0v) is 11.3. The summed E-state index contributed by atoms with van der Waals surface area (Å²) < 4.78 is 4.76. The van der Waals surface area contributed by atoms with Crippen LogP contribution in [0, 0.1) is 0 Å². The second-order valence-corrected chi connectivity index (χ2v) is 4.68. The lowest BCUT2D eigenvalue weighted by atomic mass is 9.98. The highest BCUT2D eigenvalue weighted by Gasteiger charge is 2.18. The third-order valence-corrected chi connectivity index (χ3v) is 3.36. The van der Waals surface area contributed by atoms with Crippen molar-refractivity contribution in [1.82, 2.24) is 10.6 Å². The lowest BCUT2D eigenvalue weighted by Gasteiger charge is -2.18. The summed E-state index contributed by atoms with van der Waals surface area (Å²) in [5.41, 5.74) is 2.90. The van der Waals surface area contributed by atoms with Crippen LogP contribution >= 0.6 is 0 Å². The van der Waals surface area contributed by atoms with Crippen LogP contribution in [0.3, 0.4) is 0 Å². The number of carbonyl (C=O) groups is 2. The van der Waals surface area contributed by atoms with Gasteiger partial charge < -0.3 is 20.5 Å². The number of rotatable bonds is 5. The molecule has 1 aliphatic rings. The number of ether oxygens (including phenoxy) is 1. The number of benzene rings is 1. The van der Waals surface area contributed by atoms with Crippen LogP contribution in [0.1, 0.15) is 21.5 Å². The van der Waals surface area contributed by atoms with E-state index < -0.39 is 12.1 Å². The Kier molecular flexibility index (Phi) is 4.70. The molecule has 0 spiro atoms. The minimum atomic E-state index is -1.09. The summed E-state index contributed by atoms with van der Waals surface area (Å²) in [6, 6.07) is 5.57. The SMILES string of the molecule is COC(CNC(=O)c1ccc2c(c1)CNCC2)C(=O)O.